The van der Waals surface area contributed by atoms with E-state index in [-0.39, 0.29) is 0 Å². The number of hydrogen-bond acceptors (Lipinski definition) is 1. The predicted molar refractivity (Wildman–Crippen MR) is 98.4 cm³/mol. The van der Waals surface area contributed by atoms with Gasteiger partial charge in [0.25, 0.3) is 0 Å². The summed E-state index contributed by atoms with van der Waals surface area (Å²) in [5.41, 5.74) is 1.49. The molecule has 0 nitrogen and oxygen atoms in total. The average Bonchev–Trinajstić information content (AvgIpc) is 3.10. The predicted octanol–water partition coefficient (Wildman–Crippen LogP) is 3.40. The molecule has 0 N–H and O–H groups in total. The Morgan fingerprint density at radius 1 is 0.682 bits per heavy atom. The van der Waals surface area contributed by atoms with Crippen LogP contribution >= 0.6 is 11.3 Å². The molecule has 4 aromatic rings. The molecule has 1 aliphatic heterocycles. The van der Waals surface area contributed by atoms with Crippen molar-refractivity contribution in [1.82, 2.24) is 0 Å². The summed E-state index contributed by atoms with van der Waals surface area (Å²) in [5, 5.41) is 1.49. The molecule has 0 spiro atoms. The van der Waals surface area contributed by atoms with Crippen LogP contribution in [0.4, 0.5) is 0 Å². The van der Waals surface area contributed by atoms with Crippen molar-refractivity contribution in [2.45, 2.75) is 0 Å². The fourth-order valence-corrected chi connectivity index (χ4v) is 13.5. The summed E-state index contributed by atoms with van der Waals surface area (Å²) in [4.78, 5) is 1.53. The van der Waals surface area contributed by atoms with Gasteiger partial charge in [-0.1, -0.05) is 0 Å². The maximum absolute atomic E-state index is 2.37. The molecule has 1 aromatic heterocycles. The van der Waals surface area contributed by atoms with E-state index < -0.39 is 20.2 Å². The van der Waals surface area contributed by atoms with Crippen LogP contribution in [0, 0.1) is 0 Å². The van der Waals surface area contributed by atoms with E-state index in [9.17, 15) is 0 Å². The van der Waals surface area contributed by atoms with Crippen LogP contribution in [0.15, 0.2) is 78.9 Å². The molecule has 0 radical (unpaired) electrons. The molecule has 1 aliphatic rings. The Labute approximate surface area is 141 Å². The molecule has 0 fully saturated rings. The van der Waals surface area contributed by atoms with Gasteiger partial charge in [-0.2, -0.15) is 0 Å². The second kappa shape index (κ2) is 4.98. The molecule has 0 aliphatic carbocycles. The second-order valence-electron chi connectivity index (χ2n) is 5.46. The minimum absolute atomic E-state index is 1.44. The molecular weight excluding hydrogens is 394 g/mol. The summed E-state index contributed by atoms with van der Waals surface area (Å²) in [5.74, 6) is 0. The number of thiophene rings is 1. The second-order valence-corrected chi connectivity index (χ2v) is 12.6. The van der Waals surface area contributed by atoms with Crippen LogP contribution in [-0.2, 0) is 0 Å². The number of rotatable bonds is 1. The molecule has 3 aromatic carbocycles. The average molecular weight is 407 g/mol. The third-order valence-corrected chi connectivity index (χ3v) is 13.3. The van der Waals surface area contributed by atoms with Gasteiger partial charge in [0.1, 0.15) is 0 Å². The van der Waals surface area contributed by atoms with Crippen LogP contribution in [0.3, 0.4) is 0 Å². The van der Waals surface area contributed by atoms with Gasteiger partial charge >= 0.3 is 141 Å². The van der Waals surface area contributed by atoms with E-state index in [2.05, 4.69) is 78.9 Å². The van der Waals surface area contributed by atoms with E-state index in [1.807, 2.05) is 11.3 Å². The summed E-state index contributed by atoms with van der Waals surface area (Å²) >= 11 is 0.107. The van der Waals surface area contributed by atoms with Gasteiger partial charge in [-0.15, -0.1) is 0 Å². The zero-order valence-electron chi connectivity index (χ0n) is 11.9. The molecule has 104 valence electrons. The molecule has 0 saturated heterocycles. The van der Waals surface area contributed by atoms with E-state index in [1.54, 1.807) is 10.5 Å². The minimum atomic E-state index is -1.87. The van der Waals surface area contributed by atoms with Crippen molar-refractivity contribution in [1.29, 1.82) is 0 Å². The van der Waals surface area contributed by atoms with Gasteiger partial charge in [0.15, 0.2) is 0 Å². The molecule has 0 atom stereocenters. The van der Waals surface area contributed by atoms with Crippen molar-refractivity contribution in [2.75, 3.05) is 0 Å². The van der Waals surface area contributed by atoms with E-state index in [4.69, 9.17) is 0 Å². The molecular formula is C20H13SSb. The zero-order valence-corrected chi connectivity index (χ0v) is 15.2. The Bertz CT molecular complexity index is 985. The summed E-state index contributed by atoms with van der Waals surface area (Å²) < 4.78 is 6.31. The number of benzene rings is 3. The van der Waals surface area contributed by atoms with Gasteiger partial charge in [0.2, 0.25) is 0 Å². The summed E-state index contributed by atoms with van der Waals surface area (Å²) in [6.45, 7) is 0. The monoisotopic (exact) mass is 406 g/mol. The number of hydrogen-bond donors (Lipinski definition) is 0. The van der Waals surface area contributed by atoms with Gasteiger partial charge < -0.3 is 0 Å². The molecule has 2 heterocycles. The fourth-order valence-electron chi connectivity index (χ4n) is 3.26. The maximum atomic E-state index is 2.37. The van der Waals surface area contributed by atoms with Crippen molar-refractivity contribution >= 4 is 52.2 Å². The summed E-state index contributed by atoms with van der Waals surface area (Å²) in [6.07, 6.45) is 0. The molecule has 2 heteroatoms. The zero-order chi connectivity index (χ0) is 14.5. The van der Waals surface area contributed by atoms with Crippen LogP contribution in [0.1, 0.15) is 0 Å². The Kier molecular flexibility index (Phi) is 2.93. The summed E-state index contributed by atoms with van der Waals surface area (Å²) in [6, 6.07) is 29.2. The van der Waals surface area contributed by atoms with Crippen LogP contribution in [-0.4, -0.2) is 20.2 Å². The summed E-state index contributed by atoms with van der Waals surface area (Å²) in [7, 11) is 0. The Morgan fingerprint density at radius 2 is 1.41 bits per heavy atom. The molecule has 5 rings (SSSR count). The molecule has 0 bridgehead atoms. The quantitative estimate of drug-likeness (QED) is 0.374. The fraction of sp³-hybridized carbons (Fsp3) is 0. The molecule has 0 amide bonds. The third kappa shape index (κ3) is 1.76. The van der Waals surface area contributed by atoms with Crippen LogP contribution in [0.25, 0.3) is 20.5 Å². The van der Waals surface area contributed by atoms with Crippen molar-refractivity contribution in [3.63, 3.8) is 0 Å². The number of fused-ring (bicyclic) bond motifs is 5. The van der Waals surface area contributed by atoms with Crippen LogP contribution in [0.2, 0.25) is 0 Å². The molecule has 0 unspecified atom stereocenters. The van der Waals surface area contributed by atoms with Crippen LogP contribution in [0.5, 0.6) is 0 Å². The van der Waals surface area contributed by atoms with E-state index >= 15 is 0 Å². The first-order chi connectivity index (χ1) is 10.9. The van der Waals surface area contributed by atoms with Gasteiger partial charge in [-0.25, -0.2) is 0 Å². The van der Waals surface area contributed by atoms with E-state index in [0.29, 0.717) is 0 Å². The van der Waals surface area contributed by atoms with Crippen LogP contribution < -0.4 is 10.5 Å². The normalized spacial score (nSPS) is 13.3. The Morgan fingerprint density at radius 3 is 2.32 bits per heavy atom. The first-order valence-electron chi connectivity index (χ1n) is 7.39. The molecule has 22 heavy (non-hydrogen) atoms. The van der Waals surface area contributed by atoms with Crippen molar-refractivity contribution in [3.8, 4) is 10.4 Å². The van der Waals surface area contributed by atoms with Crippen molar-refractivity contribution in [3.05, 3.63) is 78.9 Å². The van der Waals surface area contributed by atoms with Gasteiger partial charge in [0, 0.05) is 0 Å². The Balaban J connectivity index is 1.90. The van der Waals surface area contributed by atoms with E-state index in [0.717, 1.165) is 0 Å². The third-order valence-electron chi connectivity index (χ3n) is 4.20. The van der Waals surface area contributed by atoms with Crippen molar-refractivity contribution in [2.24, 2.45) is 0 Å². The topological polar surface area (TPSA) is 0 Å². The standard InChI is InChI=1S/C14H8S.C6H5.Sb/c1-2-6-11(7-3-1)14-10-12-8-4-5-9-13(12)15-14;1-2-4-6-5-3-1;/h1-6,8-9H;1-5H;. The first kappa shape index (κ1) is 12.9. The SMILES string of the molecule is c1cc[c]([Sb]2[c]3ccccc3-c3sc4ccccc4[c]32)cc1. The van der Waals surface area contributed by atoms with Gasteiger partial charge in [-0.05, 0) is 0 Å². The van der Waals surface area contributed by atoms with Gasteiger partial charge in [0.05, 0.1) is 0 Å². The van der Waals surface area contributed by atoms with Gasteiger partial charge in [-0.3, -0.25) is 0 Å². The molecule has 0 saturated carbocycles. The first-order valence-corrected chi connectivity index (χ1v) is 12.0. The van der Waals surface area contributed by atoms with E-state index in [1.165, 1.54) is 20.5 Å². The van der Waals surface area contributed by atoms with Crippen molar-refractivity contribution < 1.29 is 0 Å². The Hall–Kier alpha value is -1.56.